The Balaban J connectivity index is 1.96. The summed E-state index contributed by atoms with van der Waals surface area (Å²) in [5.74, 6) is -0.221. The third-order valence-corrected chi connectivity index (χ3v) is 3.43. The van der Waals surface area contributed by atoms with Crippen LogP contribution < -0.4 is 0 Å². The molecule has 0 aromatic heterocycles. The van der Waals surface area contributed by atoms with Gasteiger partial charge in [0, 0.05) is 17.9 Å². The molecule has 98 valence electrons. The van der Waals surface area contributed by atoms with E-state index in [9.17, 15) is 18.0 Å². The molecule has 2 rings (SSSR count). The summed E-state index contributed by atoms with van der Waals surface area (Å²) in [6, 6.07) is 7.37. The minimum atomic E-state index is -4.12. The molecule has 0 aliphatic heterocycles. The standard InChI is InChI=1S/C14H15F3O/c15-14(16,17)9-3-5-11-8-7-10-4-1-2-6-12(10)13(11)18/h1-2,4,6,11H,3,5,7-9H2. The molecule has 0 radical (unpaired) electrons. The molecule has 1 nitrogen and oxygen atoms in total. The molecule has 18 heavy (non-hydrogen) atoms. The van der Waals surface area contributed by atoms with E-state index in [0.29, 0.717) is 18.4 Å². The molecule has 4 heteroatoms. The van der Waals surface area contributed by atoms with Gasteiger partial charge in [0.05, 0.1) is 0 Å². The lowest BCUT2D eigenvalue weighted by atomic mass is 9.80. The number of fused-ring (bicyclic) bond motifs is 1. The molecule has 1 aromatic carbocycles. The molecule has 0 heterocycles. The highest BCUT2D eigenvalue weighted by molar-refractivity contribution is 6.00. The normalized spacial score (nSPS) is 19.7. The third-order valence-electron chi connectivity index (χ3n) is 3.43. The second-order valence-electron chi connectivity index (χ2n) is 4.76. The van der Waals surface area contributed by atoms with Gasteiger partial charge >= 0.3 is 6.18 Å². The molecule has 0 bridgehead atoms. The van der Waals surface area contributed by atoms with Gasteiger partial charge in [0.2, 0.25) is 0 Å². The largest absolute Gasteiger partial charge is 0.389 e. The Labute approximate surface area is 104 Å². The van der Waals surface area contributed by atoms with Crippen LogP contribution >= 0.6 is 0 Å². The quantitative estimate of drug-likeness (QED) is 0.793. The van der Waals surface area contributed by atoms with Gasteiger partial charge in [0.1, 0.15) is 0 Å². The van der Waals surface area contributed by atoms with E-state index in [-0.39, 0.29) is 18.1 Å². The number of hydrogen-bond acceptors (Lipinski definition) is 1. The average Bonchev–Trinajstić information content (AvgIpc) is 2.31. The van der Waals surface area contributed by atoms with Crippen LogP contribution in [0.3, 0.4) is 0 Å². The minimum absolute atomic E-state index is 0.0130. The van der Waals surface area contributed by atoms with E-state index in [4.69, 9.17) is 0 Å². The van der Waals surface area contributed by atoms with Gasteiger partial charge in [-0.25, -0.2) is 0 Å². The lowest BCUT2D eigenvalue weighted by Crippen LogP contribution is -2.23. The number of hydrogen-bond donors (Lipinski definition) is 0. The van der Waals surface area contributed by atoms with Crippen LogP contribution in [0.1, 0.15) is 41.6 Å². The highest BCUT2D eigenvalue weighted by Gasteiger charge is 2.30. The first-order valence-electron chi connectivity index (χ1n) is 6.16. The van der Waals surface area contributed by atoms with Gasteiger partial charge in [-0.3, -0.25) is 4.79 Å². The van der Waals surface area contributed by atoms with Crippen LogP contribution in [0.15, 0.2) is 24.3 Å². The maximum Gasteiger partial charge on any atom is 0.389 e. The molecule has 0 fully saturated rings. The number of rotatable bonds is 3. The van der Waals surface area contributed by atoms with E-state index in [1.807, 2.05) is 12.1 Å². The molecule has 1 atom stereocenters. The Hall–Kier alpha value is -1.32. The molecule has 1 unspecified atom stereocenters. The number of carbonyl (C=O) groups is 1. The van der Waals surface area contributed by atoms with Crippen LogP contribution in [-0.2, 0) is 6.42 Å². The van der Waals surface area contributed by atoms with Crippen LogP contribution in [0.4, 0.5) is 13.2 Å². The summed E-state index contributed by atoms with van der Waals surface area (Å²) in [5, 5.41) is 0. The number of Topliss-reactive ketones (excluding diaryl/α,β-unsaturated/α-hetero) is 1. The molecule has 1 aliphatic carbocycles. The van der Waals surface area contributed by atoms with Gasteiger partial charge in [0.15, 0.2) is 5.78 Å². The molecular weight excluding hydrogens is 241 g/mol. The number of alkyl halides is 3. The van der Waals surface area contributed by atoms with Crippen molar-refractivity contribution in [3.8, 4) is 0 Å². The van der Waals surface area contributed by atoms with Gasteiger partial charge in [-0.2, -0.15) is 13.2 Å². The molecule has 1 aliphatic rings. The molecule has 0 saturated heterocycles. The Morgan fingerprint density at radius 2 is 1.94 bits per heavy atom. The summed E-state index contributed by atoms with van der Waals surface area (Å²) >= 11 is 0. The average molecular weight is 256 g/mol. The molecule has 0 spiro atoms. The molecular formula is C14H15F3O. The fourth-order valence-electron chi connectivity index (χ4n) is 2.48. The topological polar surface area (TPSA) is 17.1 Å². The van der Waals surface area contributed by atoms with Gasteiger partial charge in [-0.15, -0.1) is 0 Å². The van der Waals surface area contributed by atoms with E-state index in [0.717, 1.165) is 12.0 Å². The van der Waals surface area contributed by atoms with Crippen molar-refractivity contribution >= 4 is 5.78 Å². The van der Waals surface area contributed by atoms with Crippen molar-refractivity contribution in [1.82, 2.24) is 0 Å². The monoisotopic (exact) mass is 256 g/mol. The summed E-state index contributed by atoms with van der Waals surface area (Å²) in [7, 11) is 0. The fourth-order valence-corrected chi connectivity index (χ4v) is 2.48. The van der Waals surface area contributed by atoms with Crippen LogP contribution in [0.25, 0.3) is 0 Å². The zero-order valence-electron chi connectivity index (χ0n) is 9.96. The third kappa shape index (κ3) is 3.12. The lowest BCUT2D eigenvalue weighted by Gasteiger charge is -2.23. The van der Waals surface area contributed by atoms with E-state index in [1.165, 1.54) is 0 Å². The number of ketones is 1. The van der Waals surface area contributed by atoms with E-state index in [2.05, 4.69) is 0 Å². The van der Waals surface area contributed by atoms with E-state index < -0.39 is 12.6 Å². The number of halogens is 3. The summed E-state index contributed by atoms with van der Waals surface area (Å²) < 4.78 is 36.2. The zero-order chi connectivity index (χ0) is 13.2. The summed E-state index contributed by atoms with van der Waals surface area (Å²) in [4.78, 5) is 12.1. The zero-order valence-corrected chi connectivity index (χ0v) is 9.96. The summed E-state index contributed by atoms with van der Waals surface area (Å²) in [6.07, 6.45) is -3.06. The SMILES string of the molecule is O=C1c2ccccc2CCC1CCCC(F)(F)F. The highest BCUT2D eigenvalue weighted by atomic mass is 19.4. The number of benzene rings is 1. The van der Waals surface area contributed by atoms with Crippen LogP contribution in [-0.4, -0.2) is 12.0 Å². The maximum absolute atomic E-state index is 12.1. The minimum Gasteiger partial charge on any atom is -0.294 e. The van der Waals surface area contributed by atoms with Crippen molar-refractivity contribution in [3.63, 3.8) is 0 Å². The van der Waals surface area contributed by atoms with Crippen molar-refractivity contribution < 1.29 is 18.0 Å². The molecule has 0 N–H and O–H groups in total. The Bertz CT molecular complexity index is 437. The van der Waals surface area contributed by atoms with E-state index >= 15 is 0 Å². The smallest absolute Gasteiger partial charge is 0.294 e. The second kappa shape index (κ2) is 5.12. The first kappa shape index (κ1) is 13.1. The number of aryl methyl sites for hydroxylation is 1. The molecule has 0 amide bonds. The molecule has 1 aromatic rings. The van der Waals surface area contributed by atoms with E-state index in [1.54, 1.807) is 12.1 Å². The Morgan fingerprint density at radius 1 is 1.22 bits per heavy atom. The van der Waals surface area contributed by atoms with Crippen molar-refractivity contribution in [2.75, 3.05) is 0 Å². The van der Waals surface area contributed by atoms with Gasteiger partial charge in [-0.1, -0.05) is 24.3 Å². The fraction of sp³-hybridized carbons (Fsp3) is 0.500. The van der Waals surface area contributed by atoms with Gasteiger partial charge in [0.25, 0.3) is 0 Å². The predicted octanol–water partition coefficient (Wildman–Crippen LogP) is 4.16. The predicted molar refractivity (Wildman–Crippen MR) is 62.5 cm³/mol. The summed E-state index contributed by atoms with van der Waals surface area (Å²) in [5.41, 5.74) is 1.72. The maximum atomic E-state index is 12.1. The van der Waals surface area contributed by atoms with Crippen molar-refractivity contribution in [2.45, 2.75) is 38.3 Å². The highest BCUT2D eigenvalue weighted by Crippen LogP contribution is 2.30. The second-order valence-corrected chi connectivity index (χ2v) is 4.76. The molecule has 0 saturated carbocycles. The van der Waals surface area contributed by atoms with Gasteiger partial charge < -0.3 is 0 Å². The first-order valence-corrected chi connectivity index (χ1v) is 6.16. The van der Waals surface area contributed by atoms with Crippen molar-refractivity contribution in [3.05, 3.63) is 35.4 Å². The van der Waals surface area contributed by atoms with Gasteiger partial charge in [-0.05, 0) is 31.2 Å². The van der Waals surface area contributed by atoms with Crippen LogP contribution in [0, 0.1) is 5.92 Å². The Kier molecular flexibility index (Phi) is 3.73. The van der Waals surface area contributed by atoms with Crippen molar-refractivity contribution in [1.29, 1.82) is 0 Å². The Morgan fingerprint density at radius 3 is 2.67 bits per heavy atom. The lowest BCUT2D eigenvalue weighted by molar-refractivity contribution is -0.136. The summed E-state index contributed by atoms with van der Waals surface area (Å²) in [6.45, 7) is 0. The van der Waals surface area contributed by atoms with Crippen LogP contribution in [0.2, 0.25) is 0 Å². The van der Waals surface area contributed by atoms with Crippen molar-refractivity contribution in [2.24, 2.45) is 5.92 Å². The number of carbonyl (C=O) groups excluding carboxylic acids is 1. The first-order chi connectivity index (χ1) is 8.47. The van der Waals surface area contributed by atoms with Crippen LogP contribution in [0.5, 0.6) is 0 Å².